The first-order valence-corrected chi connectivity index (χ1v) is 14.3. The van der Waals surface area contributed by atoms with Gasteiger partial charge in [0.1, 0.15) is 11.5 Å². The van der Waals surface area contributed by atoms with Crippen LogP contribution in [0.25, 0.3) is 11.1 Å². The van der Waals surface area contributed by atoms with Gasteiger partial charge in [-0.1, -0.05) is 88.7 Å². The number of esters is 1. The van der Waals surface area contributed by atoms with Crippen molar-refractivity contribution in [2.75, 3.05) is 6.61 Å². The van der Waals surface area contributed by atoms with Crippen molar-refractivity contribution in [2.24, 2.45) is 0 Å². The molecule has 1 unspecified atom stereocenters. The molecule has 3 aromatic rings. The minimum Gasteiger partial charge on any atom is -0.466 e. The molecule has 0 fully saturated rings. The molecule has 0 aromatic heterocycles. The van der Waals surface area contributed by atoms with Crippen LogP contribution >= 0.6 is 8.38 Å². The Balaban J connectivity index is 1.75. The van der Waals surface area contributed by atoms with Gasteiger partial charge in [-0.25, -0.2) is 0 Å². The summed E-state index contributed by atoms with van der Waals surface area (Å²) in [5.41, 5.74) is 5.45. The van der Waals surface area contributed by atoms with E-state index in [9.17, 15) is 4.79 Å². The van der Waals surface area contributed by atoms with E-state index in [2.05, 4.69) is 84.0 Å². The number of fused-ring (bicyclic) bond motifs is 3. The minimum absolute atomic E-state index is 0.125. The Labute approximate surface area is 223 Å². The number of para-hydroxylation sites is 1. The summed E-state index contributed by atoms with van der Waals surface area (Å²) in [4.78, 5) is 12.0. The summed E-state index contributed by atoms with van der Waals surface area (Å²) in [5, 5.41) is 1.09. The zero-order chi connectivity index (χ0) is 26.8. The summed E-state index contributed by atoms with van der Waals surface area (Å²) in [5.74, 6) is 1.62. The minimum atomic E-state index is -1.39. The maximum Gasteiger partial charge on any atom is 0.326 e. The van der Waals surface area contributed by atoms with E-state index in [-0.39, 0.29) is 16.8 Å². The van der Waals surface area contributed by atoms with Gasteiger partial charge in [-0.2, -0.15) is 0 Å². The third-order valence-corrected chi connectivity index (χ3v) is 8.39. The second-order valence-corrected chi connectivity index (χ2v) is 12.8. The van der Waals surface area contributed by atoms with Gasteiger partial charge in [0.2, 0.25) is 0 Å². The second-order valence-electron chi connectivity index (χ2n) is 11.4. The van der Waals surface area contributed by atoms with Gasteiger partial charge in [0, 0.05) is 23.1 Å². The van der Waals surface area contributed by atoms with Gasteiger partial charge >= 0.3 is 14.3 Å². The van der Waals surface area contributed by atoms with E-state index in [1.165, 1.54) is 11.1 Å². The molecule has 0 bridgehead atoms. The molecular weight excluding hydrogens is 479 g/mol. The molecule has 0 radical (unpaired) electrons. The van der Waals surface area contributed by atoms with Crippen molar-refractivity contribution in [2.45, 2.75) is 78.6 Å². The molecule has 4 rings (SSSR count). The molecule has 1 heterocycles. The molecule has 5 heteroatoms. The molecule has 4 nitrogen and oxygen atoms in total. The number of hydrogen-bond donors (Lipinski definition) is 0. The molecule has 3 aromatic carbocycles. The number of carbonyl (C=O) groups excluding carboxylic acids is 1. The number of ether oxygens (including phenoxy) is 1. The third-order valence-electron chi connectivity index (χ3n) is 6.89. The molecule has 1 atom stereocenters. The van der Waals surface area contributed by atoms with Crippen LogP contribution in [-0.4, -0.2) is 12.6 Å². The Hall–Kier alpha value is -2.84. The normalized spacial score (nSPS) is 14.8. The topological polar surface area (TPSA) is 44.8 Å². The standard InChI is InChI=1S/C32H39O4P/c1-8-34-29(33)18-13-19-32(6,7)26-21-22(2)20-25(31(3,4)5)30(26)36-37-28-17-12-10-15-24(28)23-14-9-11-16-27(23)35-37/h9-12,14-17,20-21H,8,13,18-19H2,1-7H3. The highest BCUT2D eigenvalue weighted by Gasteiger charge is 2.35. The van der Waals surface area contributed by atoms with Crippen LogP contribution in [0.4, 0.5) is 0 Å². The molecule has 1 aliphatic heterocycles. The summed E-state index contributed by atoms with van der Waals surface area (Å²) in [7, 11) is -1.39. The van der Waals surface area contributed by atoms with Crippen LogP contribution in [0.3, 0.4) is 0 Å². The van der Waals surface area contributed by atoms with Crippen molar-refractivity contribution in [1.29, 1.82) is 0 Å². The Morgan fingerprint density at radius 2 is 1.57 bits per heavy atom. The van der Waals surface area contributed by atoms with E-state index < -0.39 is 8.38 Å². The van der Waals surface area contributed by atoms with Gasteiger partial charge in [0.15, 0.2) is 0 Å². The lowest BCUT2D eigenvalue weighted by atomic mass is 9.75. The summed E-state index contributed by atoms with van der Waals surface area (Å²) in [6.45, 7) is 15.6. The van der Waals surface area contributed by atoms with Crippen molar-refractivity contribution in [3.8, 4) is 22.6 Å². The van der Waals surface area contributed by atoms with Crippen molar-refractivity contribution in [1.82, 2.24) is 0 Å². The summed E-state index contributed by atoms with van der Waals surface area (Å²) >= 11 is 0. The van der Waals surface area contributed by atoms with Gasteiger partial charge in [0.25, 0.3) is 0 Å². The molecular formula is C32H39O4P. The fraction of sp³-hybridized carbons (Fsp3) is 0.406. The van der Waals surface area contributed by atoms with Crippen LogP contribution in [0.5, 0.6) is 11.5 Å². The monoisotopic (exact) mass is 518 g/mol. The lowest BCUT2D eigenvalue weighted by molar-refractivity contribution is -0.143. The third kappa shape index (κ3) is 6.02. The van der Waals surface area contributed by atoms with Gasteiger partial charge in [-0.3, -0.25) is 4.79 Å². The van der Waals surface area contributed by atoms with E-state index in [0.717, 1.165) is 46.3 Å². The first-order chi connectivity index (χ1) is 17.5. The smallest absolute Gasteiger partial charge is 0.326 e. The van der Waals surface area contributed by atoms with E-state index in [1.807, 2.05) is 25.1 Å². The Morgan fingerprint density at radius 1 is 0.919 bits per heavy atom. The van der Waals surface area contributed by atoms with E-state index in [4.69, 9.17) is 13.8 Å². The lowest BCUT2D eigenvalue weighted by Crippen LogP contribution is -2.24. The molecule has 0 aliphatic carbocycles. The highest BCUT2D eigenvalue weighted by Crippen LogP contribution is 2.53. The zero-order valence-corrected chi connectivity index (χ0v) is 24.1. The van der Waals surface area contributed by atoms with Gasteiger partial charge < -0.3 is 13.8 Å². The predicted molar refractivity (Wildman–Crippen MR) is 153 cm³/mol. The maximum atomic E-state index is 12.0. The van der Waals surface area contributed by atoms with Crippen LogP contribution in [-0.2, 0) is 20.4 Å². The Morgan fingerprint density at radius 3 is 2.27 bits per heavy atom. The summed E-state index contributed by atoms with van der Waals surface area (Å²) in [6, 6.07) is 21.0. The van der Waals surface area contributed by atoms with Crippen LogP contribution in [0.15, 0.2) is 60.7 Å². The van der Waals surface area contributed by atoms with Gasteiger partial charge in [-0.05, 0) is 55.2 Å². The van der Waals surface area contributed by atoms with Crippen molar-refractivity contribution >= 4 is 19.6 Å². The van der Waals surface area contributed by atoms with Crippen LogP contribution in [0.1, 0.15) is 77.5 Å². The molecule has 0 spiro atoms. The van der Waals surface area contributed by atoms with E-state index in [0.29, 0.717) is 13.0 Å². The number of carbonyl (C=O) groups is 1. The lowest BCUT2D eigenvalue weighted by Gasteiger charge is -2.35. The fourth-order valence-electron chi connectivity index (χ4n) is 4.89. The first kappa shape index (κ1) is 27.2. The zero-order valence-electron chi connectivity index (χ0n) is 23.2. The highest BCUT2D eigenvalue weighted by molar-refractivity contribution is 7.57. The number of hydrogen-bond acceptors (Lipinski definition) is 4. The summed E-state index contributed by atoms with van der Waals surface area (Å²) < 4.78 is 18.7. The van der Waals surface area contributed by atoms with E-state index >= 15 is 0 Å². The molecule has 37 heavy (non-hydrogen) atoms. The number of aryl methyl sites for hydroxylation is 1. The molecule has 0 N–H and O–H groups in total. The highest BCUT2D eigenvalue weighted by atomic mass is 31.2. The average Bonchev–Trinajstić information content (AvgIpc) is 2.84. The van der Waals surface area contributed by atoms with Crippen molar-refractivity contribution in [3.05, 3.63) is 77.4 Å². The SMILES string of the molecule is CCOC(=O)CCCC(C)(C)c1cc(C)cc(C(C)(C)C)c1OP1Oc2ccccc2-c2ccccc21. The molecule has 0 saturated carbocycles. The predicted octanol–water partition coefficient (Wildman–Crippen LogP) is 8.38. The number of rotatable bonds is 8. The number of benzene rings is 3. The second kappa shape index (κ2) is 10.9. The van der Waals surface area contributed by atoms with Crippen molar-refractivity contribution < 1.29 is 18.6 Å². The fourth-order valence-corrected chi connectivity index (χ4v) is 6.43. The Kier molecular flexibility index (Phi) is 7.99. The first-order valence-electron chi connectivity index (χ1n) is 13.2. The average molecular weight is 519 g/mol. The van der Waals surface area contributed by atoms with Crippen molar-refractivity contribution in [3.63, 3.8) is 0 Å². The molecule has 1 aliphatic rings. The van der Waals surface area contributed by atoms with Gasteiger partial charge in [0.05, 0.1) is 11.9 Å². The quantitative estimate of drug-likeness (QED) is 0.222. The van der Waals surface area contributed by atoms with Crippen LogP contribution < -0.4 is 14.4 Å². The van der Waals surface area contributed by atoms with Crippen LogP contribution in [0, 0.1) is 6.92 Å². The summed E-state index contributed by atoms with van der Waals surface area (Å²) in [6.07, 6.45) is 2.02. The largest absolute Gasteiger partial charge is 0.466 e. The Bertz CT molecular complexity index is 1270. The van der Waals surface area contributed by atoms with Gasteiger partial charge in [-0.15, -0.1) is 0 Å². The molecule has 0 saturated heterocycles. The molecule has 0 amide bonds. The van der Waals surface area contributed by atoms with E-state index in [1.54, 1.807) is 0 Å². The maximum absolute atomic E-state index is 12.0. The van der Waals surface area contributed by atoms with Crippen LogP contribution in [0.2, 0.25) is 0 Å². The molecule has 196 valence electrons.